The monoisotopic (exact) mass is 422 g/mol. The number of benzene rings is 2. The molecule has 1 aromatic heterocycles. The topological polar surface area (TPSA) is 97.1 Å². The van der Waals surface area contributed by atoms with Crippen LogP contribution in [0.3, 0.4) is 0 Å². The molecule has 0 saturated heterocycles. The smallest absolute Gasteiger partial charge is 0.316 e. The van der Waals surface area contributed by atoms with Crippen molar-refractivity contribution in [3.63, 3.8) is 0 Å². The maximum Gasteiger partial charge on any atom is 0.316 e. The third-order valence-corrected chi connectivity index (χ3v) is 4.16. The van der Waals surface area contributed by atoms with Crippen LogP contribution in [0.15, 0.2) is 47.0 Å². The van der Waals surface area contributed by atoms with E-state index in [0.717, 1.165) is 0 Å². The lowest BCUT2D eigenvalue weighted by molar-refractivity contribution is 0.0898. The molecule has 7 nitrogen and oxygen atoms in total. The van der Waals surface area contributed by atoms with Gasteiger partial charge in [-0.05, 0) is 42.5 Å². The fraction of sp³-hybridized carbons (Fsp3) is 0.111. The van der Waals surface area contributed by atoms with Gasteiger partial charge in [-0.1, -0.05) is 28.4 Å². The lowest BCUT2D eigenvalue weighted by Gasteiger charge is -2.07. The Kier molecular flexibility index (Phi) is 6.23. The number of rotatable bonds is 6. The van der Waals surface area contributed by atoms with Gasteiger partial charge in [-0.3, -0.25) is 9.59 Å². The minimum Gasteiger partial charge on any atom is -0.350 e. The zero-order valence-corrected chi connectivity index (χ0v) is 15.7. The van der Waals surface area contributed by atoms with E-state index in [1.807, 2.05) is 0 Å². The predicted molar refractivity (Wildman–Crippen MR) is 101 cm³/mol. The minimum atomic E-state index is -0.601. The fourth-order valence-electron chi connectivity index (χ4n) is 2.23. The maximum absolute atomic E-state index is 12.9. The number of nitrogens with zero attached hydrogens (tertiary/aromatic N) is 2. The number of nitrogens with one attached hydrogen (secondary N) is 2. The zero-order valence-electron chi connectivity index (χ0n) is 14.2. The van der Waals surface area contributed by atoms with E-state index < -0.39 is 17.6 Å². The second-order valence-electron chi connectivity index (χ2n) is 5.57. The van der Waals surface area contributed by atoms with Gasteiger partial charge in [0.2, 0.25) is 5.82 Å². The average Bonchev–Trinajstić information content (AvgIpc) is 3.17. The van der Waals surface area contributed by atoms with Crippen molar-refractivity contribution in [1.29, 1.82) is 0 Å². The van der Waals surface area contributed by atoms with Gasteiger partial charge in [0.15, 0.2) is 0 Å². The molecule has 0 atom stereocenters. The molecule has 10 heteroatoms. The van der Waals surface area contributed by atoms with Gasteiger partial charge in [0, 0.05) is 23.7 Å². The Hall–Kier alpha value is -2.97. The molecular weight excluding hydrogens is 410 g/mol. The Balaban J connectivity index is 1.50. The summed E-state index contributed by atoms with van der Waals surface area (Å²) in [6, 6.07) is 9.99. The van der Waals surface area contributed by atoms with Crippen molar-refractivity contribution in [2.45, 2.75) is 0 Å². The van der Waals surface area contributed by atoms with Gasteiger partial charge in [-0.2, -0.15) is 4.98 Å². The molecule has 2 amide bonds. The number of amides is 2. The molecule has 0 aliphatic rings. The van der Waals surface area contributed by atoms with Crippen molar-refractivity contribution in [2.75, 3.05) is 13.1 Å². The van der Waals surface area contributed by atoms with Crippen molar-refractivity contribution in [2.24, 2.45) is 0 Å². The highest BCUT2D eigenvalue weighted by Gasteiger charge is 2.16. The lowest BCUT2D eigenvalue weighted by Crippen LogP contribution is -2.34. The minimum absolute atomic E-state index is 0.122. The van der Waals surface area contributed by atoms with E-state index in [4.69, 9.17) is 27.7 Å². The molecule has 0 fully saturated rings. The number of hydrogen-bond donors (Lipinski definition) is 2. The van der Waals surface area contributed by atoms with Gasteiger partial charge < -0.3 is 15.2 Å². The molecule has 28 heavy (non-hydrogen) atoms. The Morgan fingerprint density at radius 3 is 2.39 bits per heavy atom. The normalized spacial score (nSPS) is 10.5. The van der Waals surface area contributed by atoms with Crippen LogP contribution in [0.4, 0.5) is 4.39 Å². The molecule has 0 spiro atoms. The van der Waals surface area contributed by atoms with Crippen molar-refractivity contribution >= 4 is 35.0 Å². The quantitative estimate of drug-likeness (QED) is 0.593. The summed E-state index contributed by atoms with van der Waals surface area (Å²) in [5.74, 6) is -1.50. The average molecular weight is 423 g/mol. The summed E-state index contributed by atoms with van der Waals surface area (Å²) in [5.41, 5.74) is 0.746. The summed E-state index contributed by atoms with van der Waals surface area (Å²) in [5, 5.41) is 9.49. The van der Waals surface area contributed by atoms with Crippen LogP contribution in [-0.4, -0.2) is 35.0 Å². The molecule has 0 unspecified atom stereocenters. The van der Waals surface area contributed by atoms with Crippen LogP contribution >= 0.6 is 23.2 Å². The van der Waals surface area contributed by atoms with Crippen molar-refractivity contribution in [3.8, 4) is 11.4 Å². The molecule has 1 heterocycles. The fourth-order valence-corrected chi connectivity index (χ4v) is 2.60. The molecule has 2 N–H and O–H groups in total. The Morgan fingerprint density at radius 1 is 1.00 bits per heavy atom. The van der Waals surface area contributed by atoms with E-state index in [1.54, 1.807) is 6.07 Å². The van der Waals surface area contributed by atoms with Crippen LogP contribution in [-0.2, 0) is 0 Å². The van der Waals surface area contributed by atoms with Crippen molar-refractivity contribution < 1.29 is 18.5 Å². The third-order valence-electron chi connectivity index (χ3n) is 3.59. The number of aromatic nitrogens is 2. The summed E-state index contributed by atoms with van der Waals surface area (Å²) in [7, 11) is 0. The summed E-state index contributed by atoms with van der Waals surface area (Å²) in [6.45, 7) is 0.267. The second kappa shape index (κ2) is 8.81. The first-order chi connectivity index (χ1) is 13.4. The van der Waals surface area contributed by atoms with E-state index in [0.29, 0.717) is 10.6 Å². The first-order valence-corrected chi connectivity index (χ1v) is 8.81. The molecule has 0 saturated carbocycles. The van der Waals surface area contributed by atoms with Gasteiger partial charge in [0.05, 0.1) is 10.6 Å². The molecule has 0 aliphatic heterocycles. The predicted octanol–water partition coefficient (Wildman–Crippen LogP) is 3.34. The van der Waals surface area contributed by atoms with E-state index in [1.165, 1.54) is 36.4 Å². The van der Waals surface area contributed by atoms with E-state index in [9.17, 15) is 14.0 Å². The number of halogens is 3. The van der Waals surface area contributed by atoms with Gasteiger partial charge in [0.25, 0.3) is 5.91 Å². The second-order valence-corrected chi connectivity index (χ2v) is 6.41. The summed E-state index contributed by atoms with van der Waals surface area (Å²) in [4.78, 5) is 28.1. The van der Waals surface area contributed by atoms with E-state index in [2.05, 4.69) is 20.8 Å². The van der Waals surface area contributed by atoms with Crippen LogP contribution in [0.2, 0.25) is 10.0 Å². The molecule has 3 aromatic rings. The Labute approximate surface area is 168 Å². The molecule has 3 rings (SSSR count). The lowest BCUT2D eigenvalue weighted by atomic mass is 10.2. The summed E-state index contributed by atoms with van der Waals surface area (Å²) in [6.07, 6.45) is 0. The highest BCUT2D eigenvalue weighted by Crippen LogP contribution is 2.20. The molecule has 0 aliphatic carbocycles. The maximum atomic E-state index is 12.9. The first kappa shape index (κ1) is 19.8. The van der Waals surface area contributed by atoms with E-state index >= 15 is 0 Å². The van der Waals surface area contributed by atoms with Crippen LogP contribution in [0.5, 0.6) is 0 Å². The first-order valence-electron chi connectivity index (χ1n) is 8.05. The number of hydrogen-bond acceptors (Lipinski definition) is 5. The largest absolute Gasteiger partial charge is 0.350 e. The van der Waals surface area contributed by atoms with Gasteiger partial charge in [-0.25, -0.2) is 4.39 Å². The van der Waals surface area contributed by atoms with Crippen LogP contribution < -0.4 is 10.6 Å². The highest BCUT2D eigenvalue weighted by molar-refractivity contribution is 6.35. The zero-order chi connectivity index (χ0) is 20.1. The van der Waals surface area contributed by atoms with Crippen LogP contribution in [0, 0.1) is 5.82 Å². The number of carbonyl (C=O) groups excluding carboxylic acids is 2. The third kappa shape index (κ3) is 4.85. The van der Waals surface area contributed by atoms with E-state index in [-0.39, 0.29) is 35.4 Å². The Morgan fingerprint density at radius 2 is 1.68 bits per heavy atom. The van der Waals surface area contributed by atoms with Crippen molar-refractivity contribution in [3.05, 3.63) is 69.8 Å². The number of carbonyl (C=O) groups is 2. The van der Waals surface area contributed by atoms with Gasteiger partial charge >= 0.3 is 11.8 Å². The van der Waals surface area contributed by atoms with Crippen molar-refractivity contribution in [1.82, 2.24) is 20.8 Å². The summed E-state index contributed by atoms with van der Waals surface area (Å²) < 4.78 is 17.8. The molecule has 0 bridgehead atoms. The molecule has 144 valence electrons. The standard InChI is InChI=1S/C18H13Cl2FN4O3/c19-11-3-6-14(20)13(9-11)16(26)22-7-8-23-17(27)18-24-15(25-28-18)10-1-4-12(21)5-2-10/h1-6,9H,7-8H2,(H,22,26)(H,23,27). The summed E-state index contributed by atoms with van der Waals surface area (Å²) >= 11 is 11.8. The molecular formula is C18H13Cl2FN4O3. The molecule has 2 aromatic carbocycles. The van der Waals surface area contributed by atoms with Gasteiger partial charge in [0.1, 0.15) is 5.82 Å². The SMILES string of the molecule is O=C(NCCNC(=O)c1cc(Cl)ccc1Cl)c1nc(-c2ccc(F)cc2)no1. The highest BCUT2D eigenvalue weighted by atomic mass is 35.5. The van der Waals surface area contributed by atoms with Crippen LogP contribution in [0.25, 0.3) is 11.4 Å². The van der Waals surface area contributed by atoms with Gasteiger partial charge in [-0.15, -0.1) is 0 Å². The Bertz CT molecular complexity index is 1010. The van der Waals surface area contributed by atoms with Crippen LogP contribution in [0.1, 0.15) is 21.0 Å². The molecule has 0 radical (unpaired) electrons.